The van der Waals surface area contributed by atoms with Gasteiger partial charge in [-0.3, -0.25) is 14.5 Å². The molecule has 0 aromatic heterocycles. The molecule has 2 aliphatic rings. The number of aryl methyl sites for hydroxylation is 1. The van der Waals surface area contributed by atoms with Gasteiger partial charge in [-0.2, -0.15) is 0 Å². The number of nitrogens with one attached hydrogen (secondary N) is 1. The molecule has 1 saturated heterocycles. The van der Waals surface area contributed by atoms with Gasteiger partial charge in [0, 0.05) is 5.69 Å². The molecule has 1 atom stereocenters. The van der Waals surface area contributed by atoms with Crippen LogP contribution in [0.15, 0.2) is 84.9 Å². The van der Waals surface area contributed by atoms with E-state index in [0.29, 0.717) is 13.0 Å². The van der Waals surface area contributed by atoms with Gasteiger partial charge >= 0.3 is 6.03 Å². The predicted octanol–water partition coefficient (Wildman–Crippen LogP) is 4.39. The van der Waals surface area contributed by atoms with Crippen LogP contribution in [-0.4, -0.2) is 29.3 Å². The molecule has 1 aliphatic heterocycles. The Balaban J connectivity index is 1.43. The number of urea groups is 1. The van der Waals surface area contributed by atoms with Crippen LogP contribution in [0.5, 0.6) is 0 Å². The van der Waals surface area contributed by atoms with Gasteiger partial charge in [0.25, 0.3) is 5.91 Å². The summed E-state index contributed by atoms with van der Waals surface area (Å²) in [4.78, 5) is 43.0. The maximum atomic E-state index is 13.7. The second kappa shape index (κ2) is 9.14. The summed E-state index contributed by atoms with van der Waals surface area (Å²) in [6, 6.07) is 26.3. The van der Waals surface area contributed by atoms with Crippen molar-refractivity contribution in [3.8, 4) is 0 Å². The molecule has 1 unspecified atom stereocenters. The molecule has 1 aliphatic carbocycles. The summed E-state index contributed by atoms with van der Waals surface area (Å²) >= 11 is 0. The minimum absolute atomic E-state index is 0.308. The molecule has 0 radical (unpaired) electrons. The Kier molecular flexibility index (Phi) is 5.88. The third-order valence-corrected chi connectivity index (χ3v) is 6.75. The lowest BCUT2D eigenvalue weighted by Gasteiger charge is -2.28. The normalized spacial score (nSPS) is 19.5. The highest BCUT2D eigenvalue weighted by molar-refractivity contribution is 6.11. The highest BCUT2D eigenvalue weighted by atomic mass is 16.2. The molecule has 172 valence electrons. The van der Waals surface area contributed by atoms with Crippen molar-refractivity contribution in [1.82, 2.24) is 10.2 Å². The van der Waals surface area contributed by atoms with Gasteiger partial charge in [-0.1, -0.05) is 72.8 Å². The number of carbonyl (C=O) groups excluding carboxylic acids is 3. The van der Waals surface area contributed by atoms with Crippen LogP contribution in [-0.2, 0) is 28.1 Å². The van der Waals surface area contributed by atoms with Crippen molar-refractivity contribution in [2.75, 3.05) is 11.4 Å². The largest absolute Gasteiger partial charge is 0.325 e. The molecule has 4 amide bonds. The van der Waals surface area contributed by atoms with Crippen molar-refractivity contribution >= 4 is 23.5 Å². The van der Waals surface area contributed by atoms with E-state index in [1.165, 1.54) is 0 Å². The number of fused-ring (bicyclic) bond motifs is 2. The van der Waals surface area contributed by atoms with Crippen LogP contribution in [0, 0.1) is 0 Å². The van der Waals surface area contributed by atoms with Crippen molar-refractivity contribution in [3.63, 3.8) is 0 Å². The maximum absolute atomic E-state index is 13.7. The Morgan fingerprint density at radius 1 is 0.882 bits per heavy atom. The zero-order chi connectivity index (χ0) is 23.5. The zero-order valence-corrected chi connectivity index (χ0v) is 18.9. The van der Waals surface area contributed by atoms with E-state index in [0.717, 1.165) is 46.5 Å². The van der Waals surface area contributed by atoms with Gasteiger partial charge in [0.15, 0.2) is 0 Å². The molecular weight excluding hydrogens is 426 g/mol. The van der Waals surface area contributed by atoms with Crippen LogP contribution < -0.4 is 10.2 Å². The van der Waals surface area contributed by atoms with E-state index in [2.05, 4.69) is 5.32 Å². The van der Waals surface area contributed by atoms with Crippen LogP contribution in [0.4, 0.5) is 10.5 Å². The van der Waals surface area contributed by atoms with E-state index in [-0.39, 0.29) is 18.4 Å². The Morgan fingerprint density at radius 3 is 2.32 bits per heavy atom. The fourth-order valence-corrected chi connectivity index (χ4v) is 5.03. The summed E-state index contributed by atoms with van der Waals surface area (Å²) in [6.45, 7) is 0.0393. The third kappa shape index (κ3) is 3.96. The lowest BCUT2D eigenvalue weighted by Crippen LogP contribution is -2.46. The molecule has 34 heavy (non-hydrogen) atoms. The Labute approximate surface area is 199 Å². The van der Waals surface area contributed by atoms with Gasteiger partial charge in [0.1, 0.15) is 12.1 Å². The van der Waals surface area contributed by atoms with Gasteiger partial charge in [-0.05, 0) is 54.5 Å². The van der Waals surface area contributed by atoms with Gasteiger partial charge in [-0.15, -0.1) is 0 Å². The van der Waals surface area contributed by atoms with Crippen molar-refractivity contribution in [2.24, 2.45) is 0 Å². The number of anilines is 1. The Hall–Kier alpha value is -3.93. The molecular formula is C28H27N3O3. The number of nitrogens with zero attached hydrogens (tertiary/aromatic N) is 2. The Morgan fingerprint density at radius 2 is 1.56 bits per heavy atom. The Bertz CT molecular complexity index is 1210. The molecule has 6 nitrogen and oxygen atoms in total. The fourth-order valence-electron chi connectivity index (χ4n) is 5.03. The minimum Gasteiger partial charge on any atom is -0.319 e. The lowest BCUT2D eigenvalue weighted by atomic mass is 9.84. The fraction of sp³-hybridized carbons (Fsp3) is 0.250. The maximum Gasteiger partial charge on any atom is 0.325 e. The quantitative estimate of drug-likeness (QED) is 0.583. The number of benzene rings is 3. The van der Waals surface area contributed by atoms with Gasteiger partial charge in [0.2, 0.25) is 5.91 Å². The van der Waals surface area contributed by atoms with Crippen LogP contribution in [0.3, 0.4) is 0 Å². The summed E-state index contributed by atoms with van der Waals surface area (Å²) in [5.74, 6) is -0.648. The summed E-state index contributed by atoms with van der Waals surface area (Å²) in [5.41, 5.74) is 2.52. The summed E-state index contributed by atoms with van der Waals surface area (Å²) in [5, 5.41) is 2.97. The molecule has 3 aromatic carbocycles. The summed E-state index contributed by atoms with van der Waals surface area (Å²) in [6.07, 6.45) is 3.19. The average molecular weight is 454 g/mol. The second-order valence-electron chi connectivity index (χ2n) is 8.89. The average Bonchev–Trinajstić information content (AvgIpc) is 3.00. The SMILES string of the molecule is O=C1NC2(CCCCc3ccccc32)C(=O)N1CC(=O)N(Cc1ccccc1)c1ccccc1. The first-order valence-corrected chi connectivity index (χ1v) is 11.7. The second-order valence-corrected chi connectivity index (χ2v) is 8.89. The lowest BCUT2D eigenvalue weighted by molar-refractivity contribution is -0.134. The van der Waals surface area contributed by atoms with E-state index in [9.17, 15) is 14.4 Å². The summed E-state index contributed by atoms with van der Waals surface area (Å²) in [7, 11) is 0. The van der Waals surface area contributed by atoms with E-state index in [1.54, 1.807) is 4.90 Å². The number of carbonyl (C=O) groups is 3. The zero-order valence-electron chi connectivity index (χ0n) is 18.9. The van der Waals surface area contributed by atoms with E-state index >= 15 is 0 Å². The van der Waals surface area contributed by atoms with E-state index in [4.69, 9.17) is 0 Å². The smallest absolute Gasteiger partial charge is 0.319 e. The molecule has 0 saturated carbocycles. The van der Waals surface area contributed by atoms with Gasteiger partial charge < -0.3 is 10.2 Å². The molecule has 1 heterocycles. The number of rotatable bonds is 5. The molecule has 1 spiro atoms. The van der Waals surface area contributed by atoms with Crippen LogP contribution in [0.2, 0.25) is 0 Å². The molecule has 1 N–H and O–H groups in total. The van der Waals surface area contributed by atoms with Gasteiger partial charge in [0.05, 0.1) is 6.54 Å². The number of hydrogen-bond donors (Lipinski definition) is 1. The summed E-state index contributed by atoms with van der Waals surface area (Å²) < 4.78 is 0. The first-order valence-electron chi connectivity index (χ1n) is 11.7. The first kappa shape index (κ1) is 21.9. The van der Waals surface area contributed by atoms with E-state index < -0.39 is 11.6 Å². The highest BCUT2D eigenvalue weighted by Crippen LogP contribution is 2.39. The van der Waals surface area contributed by atoms with Crippen molar-refractivity contribution in [1.29, 1.82) is 0 Å². The minimum atomic E-state index is -1.10. The number of amides is 4. The van der Waals surface area contributed by atoms with Crippen LogP contribution in [0.1, 0.15) is 36.0 Å². The van der Waals surface area contributed by atoms with Crippen molar-refractivity contribution in [2.45, 2.75) is 37.8 Å². The van der Waals surface area contributed by atoms with Gasteiger partial charge in [-0.25, -0.2) is 4.79 Å². The molecule has 0 bridgehead atoms. The predicted molar refractivity (Wildman–Crippen MR) is 130 cm³/mol. The van der Waals surface area contributed by atoms with Crippen LogP contribution in [0.25, 0.3) is 0 Å². The topological polar surface area (TPSA) is 69.7 Å². The molecule has 5 rings (SSSR count). The standard InChI is InChI=1S/C28H27N3O3/c32-25(30(23-15-5-2-6-16-23)19-21-11-3-1-4-12-21)20-31-26(33)28(29-27(31)34)18-10-9-14-22-13-7-8-17-24(22)28/h1-8,11-13,15-17H,9-10,14,18-20H2,(H,29,34). The number of hydrogen-bond acceptors (Lipinski definition) is 3. The molecule has 1 fully saturated rings. The monoisotopic (exact) mass is 453 g/mol. The third-order valence-electron chi connectivity index (χ3n) is 6.75. The number of para-hydroxylation sites is 1. The van der Waals surface area contributed by atoms with Crippen molar-refractivity contribution in [3.05, 3.63) is 102 Å². The molecule has 6 heteroatoms. The van der Waals surface area contributed by atoms with Crippen LogP contribution >= 0.6 is 0 Å². The highest BCUT2D eigenvalue weighted by Gasteiger charge is 2.53. The van der Waals surface area contributed by atoms with E-state index in [1.807, 2.05) is 84.9 Å². The molecule has 3 aromatic rings. The number of imide groups is 1. The van der Waals surface area contributed by atoms with Crippen molar-refractivity contribution < 1.29 is 14.4 Å². The first-order chi connectivity index (χ1) is 16.6.